The van der Waals surface area contributed by atoms with Crippen molar-refractivity contribution in [2.45, 2.75) is 155 Å². The monoisotopic (exact) mass is 702 g/mol. The normalized spacial score (nSPS) is 11.0. The molecule has 6 heteroatoms. The van der Waals surface area contributed by atoms with Gasteiger partial charge < -0.3 is 24.1 Å². The molecule has 3 aromatic rings. The van der Waals surface area contributed by atoms with E-state index >= 15 is 0 Å². The van der Waals surface area contributed by atoms with Gasteiger partial charge in [-0.15, -0.1) is 0 Å². The van der Waals surface area contributed by atoms with E-state index < -0.39 is 5.97 Å². The largest absolute Gasteiger partial charge is 0.494 e. The summed E-state index contributed by atoms with van der Waals surface area (Å²) in [6.07, 6.45) is 26.1. The summed E-state index contributed by atoms with van der Waals surface area (Å²) in [5.74, 6) is 1.59. The third kappa shape index (κ3) is 18.9. The molecule has 0 unspecified atom stereocenters. The van der Waals surface area contributed by atoms with Crippen molar-refractivity contribution in [1.29, 1.82) is 0 Å². The minimum atomic E-state index is -1.01. The van der Waals surface area contributed by atoms with E-state index in [1.165, 1.54) is 128 Å². The summed E-state index contributed by atoms with van der Waals surface area (Å²) < 4.78 is 24.1. The number of aromatic carboxylic acids is 1. The van der Waals surface area contributed by atoms with E-state index in [1.807, 2.05) is 48.5 Å². The first-order chi connectivity index (χ1) is 25.1. The second kappa shape index (κ2) is 27.0. The number of carboxylic acid groups (broad SMARTS) is 1. The first-order valence-electron chi connectivity index (χ1n) is 20.2. The number of carbonyl (C=O) groups is 1. The van der Waals surface area contributed by atoms with E-state index in [1.54, 1.807) is 6.07 Å². The van der Waals surface area contributed by atoms with Crippen LogP contribution in [0, 0.1) is 0 Å². The lowest BCUT2D eigenvalue weighted by molar-refractivity contribution is 0.0696. The van der Waals surface area contributed by atoms with E-state index in [9.17, 15) is 9.90 Å². The van der Waals surface area contributed by atoms with Gasteiger partial charge in [-0.3, -0.25) is 0 Å². The van der Waals surface area contributed by atoms with Crippen LogP contribution in [0.3, 0.4) is 0 Å². The number of ether oxygens (including phenoxy) is 4. The van der Waals surface area contributed by atoms with Crippen LogP contribution in [0.4, 0.5) is 0 Å². The zero-order chi connectivity index (χ0) is 36.2. The van der Waals surface area contributed by atoms with Gasteiger partial charge in [-0.25, -0.2) is 4.79 Å². The van der Waals surface area contributed by atoms with Crippen molar-refractivity contribution in [3.05, 3.63) is 83.4 Å². The Morgan fingerprint density at radius 2 is 0.824 bits per heavy atom. The third-order valence-corrected chi connectivity index (χ3v) is 9.36. The number of rotatable bonds is 31. The Balaban J connectivity index is 1.35. The van der Waals surface area contributed by atoms with E-state index in [0.717, 1.165) is 48.7 Å². The van der Waals surface area contributed by atoms with Gasteiger partial charge >= 0.3 is 5.97 Å². The molecule has 0 spiro atoms. The molecule has 0 radical (unpaired) electrons. The fourth-order valence-electron chi connectivity index (χ4n) is 6.12. The second-order valence-electron chi connectivity index (χ2n) is 13.9. The van der Waals surface area contributed by atoms with Crippen molar-refractivity contribution < 1.29 is 28.8 Å². The van der Waals surface area contributed by atoms with Crippen LogP contribution in [0.2, 0.25) is 0 Å². The number of benzene rings is 3. The van der Waals surface area contributed by atoms with Gasteiger partial charge in [0.15, 0.2) is 11.5 Å². The lowest BCUT2D eigenvalue weighted by atomic mass is 10.1. The summed E-state index contributed by atoms with van der Waals surface area (Å²) in [5, 5.41) is 9.57. The van der Waals surface area contributed by atoms with Crippen molar-refractivity contribution in [3.8, 4) is 23.0 Å². The Hall–Kier alpha value is -3.67. The predicted molar refractivity (Wildman–Crippen MR) is 210 cm³/mol. The lowest BCUT2D eigenvalue weighted by Gasteiger charge is -2.14. The molecule has 282 valence electrons. The van der Waals surface area contributed by atoms with Gasteiger partial charge in [0.1, 0.15) is 24.7 Å². The molecule has 0 fully saturated rings. The molecule has 0 aliphatic carbocycles. The fraction of sp³-hybridized carbons (Fsp3) is 0.578. The molecule has 3 aromatic carbocycles. The van der Waals surface area contributed by atoms with Crippen LogP contribution in [0.1, 0.15) is 164 Å². The van der Waals surface area contributed by atoms with E-state index in [2.05, 4.69) is 13.8 Å². The Labute approximate surface area is 309 Å². The maximum atomic E-state index is 11.7. The quantitative estimate of drug-likeness (QED) is 0.0673. The van der Waals surface area contributed by atoms with Crippen LogP contribution in [-0.2, 0) is 13.2 Å². The van der Waals surface area contributed by atoms with Gasteiger partial charge in [0.2, 0.25) is 0 Å². The second-order valence-corrected chi connectivity index (χ2v) is 13.9. The maximum absolute atomic E-state index is 11.7. The number of hydrogen-bond donors (Lipinski definition) is 1. The molecule has 0 aliphatic heterocycles. The highest BCUT2D eigenvalue weighted by Gasteiger charge is 2.12. The molecule has 0 bridgehead atoms. The Kier molecular flexibility index (Phi) is 22.1. The van der Waals surface area contributed by atoms with Crippen LogP contribution in [0.15, 0.2) is 66.7 Å². The molecule has 3 rings (SSSR count). The molecule has 0 aliphatic rings. The van der Waals surface area contributed by atoms with Crippen LogP contribution in [-0.4, -0.2) is 24.3 Å². The molecule has 1 N–H and O–H groups in total. The molecular weight excluding hydrogens is 636 g/mol. The highest BCUT2D eigenvalue weighted by atomic mass is 16.5. The van der Waals surface area contributed by atoms with Gasteiger partial charge in [-0.05, 0) is 66.4 Å². The van der Waals surface area contributed by atoms with Crippen LogP contribution in [0.5, 0.6) is 23.0 Å². The molecule has 0 saturated heterocycles. The minimum Gasteiger partial charge on any atom is -0.494 e. The zero-order valence-electron chi connectivity index (χ0n) is 31.8. The van der Waals surface area contributed by atoms with Crippen molar-refractivity contribution in [2.24, 2.45) is 0 Å². The standard InChI is InChI=1S/C45H66O6/c1-3-5-7-9-11-13-15-17-19-21-33-48-41-28-23-38(24-29-41)36-50-43-32-27-40(45(46)47)35-44(43)51-37-39-25-30-42(31-26-39)49-34-22-20-18-16-14-12-10-8-6-4-2/h23-32,35H,3-22,33-34,36-37H2,1-2H3,(H,46,47). The van der Waals surface area contributed by atoms with Crippen LogP contribution < -0.4 is 18.9 Å². The van der Waals surface area contributed by atoms with E-state index in [-0.39, 0.29) is 12.2 Å². The summed E-state index contributed by atoms with van der Waals surface area (Å²) >= 11 is 0. The summed E-state index contributed by atoms with van der Waals surface area (Å²) in [4.78, 5) is 11.7. The van der Waals surface area contributed by atoms with E-state index in [4.69, 9.17) is 18.9 Å². The van der Waals surface area contributed by atoms with Gasteiger partial charge in [0, 0.05) is 0 Å². The molecule has 0 aromatic heterocycles. The molecule has 0 heterocycles. The Bertz CT molecular complexity index is 1300. The van der Waals surface area contributed by atoms with Crippen molar-refractivity contribution >= 4 is 5.97 Å². The van der Waals surface area contributed by atoms with Crippen LogP contribution >= 0.6 is 0 Å². The average Bonchev–Trinajstić information content (AvgIpc) is 3.15. The van der Waals surface area contributed by atoms with Gasteiger partial charge in [-0.1, -0.05) is 154 Å². The molecule has 6 nitrogen and oxygen atoms in total. The zero-order valence-corrected chi connectivity index (χ0v) is 31.8. The number of carboxylic acids is 1. The lowest BCUT2D eigenvalue weighted by Crippen LogP contribution is -2.04. The SMILES string of the molecule is CCCCCCCCCCCCOc1ccc(COc2ccc(C(=O)O)cc2OCc2ccc(OCCCCCCCCCCCC)cc2)cc1. The Morgan fingerprint density at radius 1 is 0.451 bits per heavy atom. The summed E-state index contributed by atoms with van der Waals surface area (Å²) in [7, 11) is 0. The smallest absolute Gasteiger partial charge is 0.335 e. The highest BCUT2D eigenvalue weighted by molar-refractivity contribution is 5.88. The average molecular weight is 703 g/mol. The van der Waals surface area contributed by atoms with Gasteiger partial charge in [-0.2, -0.15) is 0 Å². The minimum absolute atomic E-state index is 0.150. The van der Waals surface area contributed by atoms with Crippen LogP contribution in [0.25, 0.3) is 0 Å². The topological polar surface area (TPSA) is 74.2 Å². The number of unbranched alkanes of at least 4 members (excludes halogenated alkanes) is 18. The maximum Gasteiger partial charge on any atom is 0.335 e. The first-order valence-corrected chi connectivity index (χ1v) is 20.2. The number of hydrogen-bond acceptors (Lipinski definition) is 5. The molecule has 0 saturated carbocycles. The fourth-order valence-corrected chi connectivity index (χ4v) is 6.12. The summed E-state index contributed by atoms with van der Waals surface area (Å²) in [6, 6.07) is 20.6. The first kappa shape index (κ1) is 41.7. The predicted octanol–water partition coefficient (Wildman–Crippen LogP) is 13.1. The molecule has 0 amide bonds. The molecule has 51 heavy (non-hydrogen) atoms. The molecule has 0 atom stereocenters. The van der Waals surface area contributed by atoms with E-state index in [0.29, 0.717) is 18.1 Å². The van der Waals surface area contributed by atoms with Crippen molar-refractivity contribution in [3.63, 3.8) is 0 Å². The van der Waals surface area contributed by atoms with Crippen molar-refractivity contribution in [2.75, 3.05) is 13.2 Å². The van der Waals surface area contributed by atoms with Crippen molar-refractivity contribution in [1.82, 2.24) is 0 Å². The Morgan fingerprint density at radius 3 is 1.22 bits per heavy atom. The highest BCUT2D eigenvalue weighted by Crippen LogP contribution is 2.31. The third-order valence-electron chi connectivity index (χ3n) is 9.36. The molecular formula is C45H66O6. The van der Waals surface area contributed by atoms with Gasteiger partial charge in [0.05, 0.1) is 18.8 Å². The van der Waals surface area contributed by atoms with Gasteiger partial charge in [0.25, 0.3) is 0 Å². The summed E-state index contributed by atoms with van der Waals surface area (Å²) in [6.45, 7) is 6.59. The summed E-state index contributed by atoms with van der Waals surface area (Å²) in [5.41, 5.74) is 2.10.